The topological polar surface area (TPSA) is 114 Å². The second-order valence-corrected chi connectivity index (χ2v) is 15.1. The number of nitrogens with one attached hydrogen (secondary N) is 1. The molecule has 6 rings (SSSR count). The van der Waals surface area contributed by atoms with E-state index in [2.05, 4.69) is 17.3 Å². The highest BCUT2D eigenvalue weighted by molar-refractivity contribution is 7.91. The van der Waals surface area contributed by atoms with Gasteiger partial charge in [-0.3, -0.25) is 9.59 Å². The van der Waals surface area contributed by atoms with Crippen molar-refractivity contribution in [2.75, 3.05) is 37.7 Å². The van der Waals surface area contributed by atoms with Crippen molar-refractivity contribution in [2.24, 2.45) is 5.41 Å². The van der Waals surface area contributed by atoms with Crippen molar-refractivity contribution in [2.45, 2.75) is 30.5 Å². The molecule has 0 bridgehead atoms. The third-order valence-electron chi connectivity index (χ3n) is 7.91. The smallest absolute Gasteiger partial charge is 0.316 e. The molecule has 0 atom stereocenters. The molecule has 2 fully saturated rings. The van der Waals surface area contributed by atoms with Gasteiger partial charge < -0.3 is 15.0 Å². The average Bonchev–Trinajstić information content (AvgIpc) is 3.56. The summed E-state index contributed by atoms with van der Waals surface area (Å²) in [7, 11) is -3.74. The van der Waals surface area contributed by atoms with Gasteiger partial charge in [0.15, 0.2) is 0 Å². The highest BCUT2D eigenvalue weighted by Crippen LogP contribution is 2.45. The molecule has 0 radical (unpaired) electrons. The number of benzene rings is 2. The molecule has 13 heteroatoms. The van der Waals surface area contributed by atoms with E-state index >= 15 is 0 Å². The standard InChI is InChI=1S/C31H32ClN5O5S2/c1-31(12-13-31)21-42-28-26(20-34-37(30(28)39)24-9-5-8-23(32)18-24)35-14-16-36(17-15-35)44(40,41)27-11-10-25(43-27)19-33-29(38)22-6-3-2-4-7-22/h2-11,18,20H,12-17,19,21H2,1H3,(H,33,38). The molecule has 2 aliphatic rings. The Balaban J connectivity index is 1.15. The van der Waals surface area contributed by atoms with Gasteiger partial charge in [0.05, 0.1) is 25.0 Å². The molecule has 1 saturated carbocycles. The molecule has 230 valence electrons. The zero-order chi connectivity index (χ0) is 30.9. The highest BCUT2D eigenvalue weighted by Gasteiger charge is 2.39. The zero-order valence-corrected chi connectivity index (χ0v) is 26.5. The zero-order valence-electron chi connectivity index (χ0n) is 24.1. The van der Waals surface area contributed by atoms with Crippen LogP contribution in [-0.2, 0) is 16.6 Å². The van der Waals surface area contributed by atoms with E-state index < -0.39 is 15.6 Å². The number of halogens is 1. The number of hydrogen-bond donors (Lipinski definition) is 1. The van der Waals surface area contributed by atoms with Gasteiger partial charge >= 0.3 is 5.56 Å². The summed E-state index contributed by atoms with van der Waals surface area (Å²) in [6.07, 6.45) is 3.68. The molecule has 0 spiro atoms. The number of rotatable bonds is 10. The van der Waals surface area contributed by atoms with Crippen LogP contribution in [0.15, 0.2) is 81.9 Å². The van der Waals surface area contributed by atoms with Crippen molar-refractivity contribution in [3.63, 3.8) is 0 Å². The van der Waals surface area contributed by atoms with Gasteiger partial charge in [-0.05, 0) is 55.3 Å². The van der Waals surface area contributed by atoms with E-state index in [-0.39, 0.29) is 40.9 Å². The van der Waals surface area contributed by atoms with E-state index in [4.69, 9.17) is 16.3 Å². The van der Waals surface area contributed by atoms with Gasteiger partial charge in [0.2, 0.25) is 5.75 Å². The number of aromatic nitrogens is 2. The summed E-state index contributed by atoms with van der Waals surface area (Å²) in [6, 6.07) is 19.1. The molecule has 3 heterocycles. The summed E-state index contributed by atoms with van der Waals surface area (Å²) in [5.74, 6) is -0.0197. The molecule has 0 unspecified atom stereocenters. The predicted molar refractivity (Wildman–Crippen MR) is 171 cm³/mol. The molecule has 1 saturated heterocycles. The summed E-state index contributed by atoms with van der Waals surface area (Å²) in [5.41, 5.74) is 1.27. The Morgan fingerprint density at radius 3 is 2.50 bits per heavy atom. The molecule has 1 aliphatic carbocycles. The number of hydrogen-bond acceptors (Lipinski definition) is 8. The van der Waals surface area contributed by atoms with E-state index in [9.17, 15) is 18.0 Å². The van der Waals surface area contributed by atoms with Crippen molar-refractivity contribution >= 4 is 44.6 Å². The molecule has 1 N–H and O–H groups in total. The second-order valence-electron chi connectivity index (χ2n) is 11.3. The number of carbonyl (C=O) groups is 1. The van der Waals surface area contributed by atoms with Crippen molar-refractivity contribution in [1.82, 2.24) is 19.4 Å². The quantitative estimate of drug-likeness (QED) is 0.267. The summed E-state index contributed by atoms with van der Waals surface area (Å²) >= 11 is 7.31. The van der Waals surface area contributed by atoms with Crippen LogP contribution in [0.5, 0.6) is 5.75 Å². The van der Waals surface area contributed by atoms with Gasteiger partial charge in [-0.1, -0.05) is 42.8 Å². The lowest BCUT2D eigenvalue weighted by Crippen LogP contribution is -2.49. The SMILES string of the molecule is CC1(COc2c(N3CCN(S(=O)(=O)c4ccc(CNC(=O)c5ccccc5)s4)CC3)cnn(-c3cccc(Cl)c3)c2=O)CC1. The van der Waals surface area contributed by atoms with Crippen LogP contribution in [0.2, 0.25) is 5.02 Å². The first-order chi connectivity index (χ1) is 21.1. The Labute approximate surface area is 264 Å². The lowest BCUT2D eigenvalue weighted by Gasteiger charge is -2.35. The maximum Gasteiger partial charge on any atom is 0.316 e. The molecule has 1 amide bonds. The van der Waals surface area contributed by atoms with Crippen molar-refractivity contribution in [3.05, 3.63) is 98.7 Å². The summed E-state index contributed by atoms with van der Waals surface area (Å²) in [6.45, 7) is 3.96. The normalized spacial score (nSPS) is 16.5. The van der Waals surface area contributed by atoms with E-state index in [0.717, 1.165) is 29.1 Å². The van der Waals surface area contributed by atoms with Crippen LogP contribution >= 0.6 is 22.9 Å². The first kappa shape index (κ1) is 30.3. The van der Waals surface area contributed by atoms with Crippen LogP contribution in [0.1, 0.15) is 35.0 Å². The van der Waals surface area contributed by atoms with Gasteiger partial charge in [0.1, 0.15) is 9.90 Å². The Morgan fingerprint density at radius 2 is 1.80 bits per heavy atom. The van der Waals surface area contributed by atoms with Crippen LogP contribution in [-0.4, -0.2) is 61.2 Å². The third kappa shape index (κ3) is 6.53. The fourth-order valence-electron chi connectivity index (χ4n) is 4.93. The minimum absolute atomic E-state index is 0.0462. The Morgan fingerprint density at radius 1 is 1.05 bits per heavy atom. The number of thiophene rings is 1. The lowest BCUT2D eigenvalue weighted by atomic mass is 10.2. The summed E-state index contributed by atoms with van der Waals surface area (Å²) < 4.78 is 36.1. The number of nitrogens with zero attached hydrogens (tertiary/aromatic N) is 4. The largest absolute Gasteiger partial charge is 0.486 e. The predicted octanol–water partition coefficient (Wildman–Crippen LogP) is 4.57. The lowest BCUT2D eigenvalue weighted by molar-refractivity contribution is 0.0951. The fraction of sp³-hybridized carbons (Fsp3) is 0.323. The molecule has 2 aromatic heterocycles. The van der Waals surface area contributed by atoms with E-state index in [1.165, 1.54) is 8.99 Å². The van der Waals surface area contributed by atoms with Gasteiger partial charge in [-0.15, -0.1) is 11.3 Å². The number of anilines is 1. The van der Waals surface area contributed by atoms with E-state index in [1.807, 2.05) is 11.0 Å². The number of sulfonamides is 1. The van der Waals surface area contributed by atoms with Crippen LogP contribution in [0.4, 0.5) is 5.69 Å². The van der Waals surface area contributed by atoms with Crippen molar-refractivity contribution in [1.29, 1.82) is 0 Å². The summed E-state index contributed by atoms with van der Waals surface area (Å²) in [4.78, 5) is 28.7. The van der Waals surface area contributed by atoms with E-state index in [0.29, 0.717) is 41.7 Å². The Bertz CT molecular complexity index is 1830. The van der Waals surface area contributed by atoms with Gasteiger partial charge in [0.25, 0.3) is 15.9 Å². The molecule has 1 aliphatic heterocycles. The van der Waals surface area contributed by atoms with Crippen molar-refractivity contribution < 1.29 is 17.9 Å². The monoisotopic (exact) mass is 653 g/mol. The van der Waals surface area contributed by atoms with Crippen LogP contribution in [0.25, 0.3) is 5.69 Å². The fourth-order valence-corrected chi connectivity index (χ4v) is 7.99. The first-order valence-electron chi connectivity index (χ1n) is 14.3. The van der Waals surface area contributed by atoms with Gasteiger partial charge in [-0.25, -0.2) is 8.42 Å². The molecule has 2 aromatic carbocycles. The highest BCUT2D eigenvalue weighted by atomic mass is 35.5. The molecular formula is C31H32ClN5O5S2. The average molecular weight is 654 g/mol. The van der Waals surface area contributed by atoms with Gasteiger partial charge in [-0.2, -0.15) is 14.1 Å². The second kappa shape index (κ2) is 12.4. The van der Waals surface area contributed by atoms with Crippen LogP contribution < -0.4 is 20.5 Å². The van der Waals surface area contributed by atoms with E-state index in [1.54, 1.807) is 66.9 Å². The maximum absolute atomic E-state index is 13.6. The minimum atomic E-state index is -3.74. The van der Waals surface area contributed by atoms with Gasteiger partial charge in [0, 0.05) is 47.1 Å². The first-order valence-corrected chi connectivity index (χ1v) is 16.9. The number of piperazine rings is 1. The molecule has 44 heavy (non-hydrogen) atoms. The molecule has 10 nitrogen and oxygen atoms in total. The molecular weight excluding hydrogens is 622 g/mol. The Hall–Kier alpha value is -3.71. The third-order valence-corrected chi connectivity index (χ3v) is 11.6. The maximum atomic E-state index is 13.6. The van der Waals surface area contributed by atoms with Crippen LogP contribution in [0.3, 0.4) is 0 Å². The summed E-state index contributed by atoms with van der Waals surface area (Å²) in [5, 5.41) is 7.74. The minimum Gasteiger partial charge on any atom is -0.486 e. The van der Waals surface area contributed by atoms with Crippen molar-refractivity contribution in [3.8, 4) is 11.4 Å². The number of amides is 1. The molecule has 4 aromatic rings. The Kier molecular flexibility index (Phi) is 8.51. The number of carbonyl (C=O) groups excluding carboxylic acids is 1. The number of ether oxygens (including phenoxy) is 1. The van der Waals surface area contributed by atoms with Crippen LogP contribution in [0, 0.1) is 5.41 Å².